The summed E-state index contributed by atoms with van der Waals surface area (Å²) in [5.41, 5.74) is 6.77. The number of carbonyl (C=O) groups is 2. The summed E-state index contributed by atoms with van der Waals surface area (Å²) in [7, 11) is -3.22. The number of hydrogen-bond donors (Lipinski definition) is 3. The van der Waals surface area contributed by atoms with Crippen molar-refractivity contribution in [2.75, 3.05) is 11.9 Å². The van der Waals surface area contributed by atoms with E-state index in [2.05, 4.69) is 10.6 Å². The molecule has 26 heavy (non-hydrogen) atoms. The molecule has 9 heteroatoms. The first kappa shape index (κ1) is 24.4. The molecule has 0 bridgehead atoms. The van der Waals surface area contributed by atoms with Crippen LogP contribution in [0.3, 0.4) is 0 Å². The lowest BCUT2D eigenvalue weighted by Gasteiger charge is -2.15. The average Bonchev–Trinajstić information content (AvgIpc) is 2.51. The van der Waals surface area contributed by atoms with Crippen molar-refractivity contribution in [3.63, 3.8) is 0 Å². The average molecular weight is 406 g/mol. The van der Waals surface area contributed by atoms with E-state index in [1.54, 1.807) is 38.1 Å². The number of halogens is 1. The molecule has 0 saturated heterocycles. The molecule has 1 rings (SSSR count). The minimum absolute atomic E-state index is 0. The van der Waals surface area contributed by atoms with Gasteiger partial charge in [-0.3, -0.25) is 9.59 Å². The quantitative estimate of drug-likeness (QED) is 0.605. The largest absolute Gasteiger partial charge is 0.346 e. The molecule has 0 unspecified atom stereocenters. The van der Waals surface area contributed by atoms with Gasteiger partial charge in [0.15, 0.2) is 9.84 Å². The van der Waals surface area contributed by atoms with Crippen molar-refractivity contribution >= 4 is 39.7 Å². The molecule has 1 atom stereocenters. The smallest absolute Gasteiger partial charge is 0.243 e. The van der Waals surface area contributed by atoms with Crippen LogP contribution in [0.5, 0.6) is 0 Å². The van der Waals surface area contributed by atoms with Crippen molar-refractivity contribution in [2.45, 2.75) is 44.7 Å². The third kappa shape index (κ3) is 7.72. The van der Waals surface area contributed by atoms with Gasteiger partial charge in [-0.05, 0) is 37.5 Å². The van der Waals surface area contributed by atoms with Crippen LogP contribution in [0.1, 0.15) is 33.3 Å². The zero-order valence-electron chi connectivity index (χ0n) is 15.5. The summed E-state index contributed by atoms with van der Waals surface area (Å²) >= 11 is 0. The van der Waals surface area contributed by atoms with Crippen molar-refractivity contribution in [3.05, 3.63) is 29.8 Å². The van der Waals surface area contributed by atoms with E-state index in [4.69, 9.17) is 5.73 Å². The highest BCUT2D eigenvalue weighted by Gasteiger charge is 2.18. The highest BCUT2D eigenvalue weighted by molar-refractivity contribution is 7.91. The van der Waals surface area contributed by atoms with Crippen LogP contribution in [0.2, 0.25) is 0 Å². The van der Waals surface area contributed by atoms with Crippen LogP contribution in [0.25, 0.3) is 0 Å². The number of sulfone groups is 1. The van der Waals surface area contributed by atoms with Crippen LogP contribution in [0.4, 0.5) is 5.69 Å². The van der Waals surface area contributed by atoms with Gasteiger partial charge in [0.05, 0.1) is 23.6 Å². The van der Waals surface area contributed by atoms with E-state index in [9.17, 15) is 18.0 Å². The number of benzene rings is 1. The van der Waals surface area contributed by atoms with Crippen molar-refractivity contribution in [1.82, 2.24) is 5.32 Å². The molecule has 2 amide bonds. The number of anilines is 1. The molecular weight excluding hydrogens is 378 g/mol. The maximum absolute atomic E-state index is 12.0. The summed E-state index contributed by atoms with van der Waals surface area (Å²) in [5, 5.41) is 4.64. The van der Waals surface area contributed by atoms with Gasteiger partial charge >= 0.3 is 0 Å². The summed E-state index contributed by atoms with van der Waals surface area (Å²) in [5.74, 6) is -0.910. The lowest BCUT2D eigenvalue weighted by molar-refractivity contribution is -0.125. The fourth-order valence-corrected chi connectivity index (χ4v) is 2.91. The van der Waals surface area contributed by atoms with Gasteiger partial charge in [0.1, 0.15) is 0 Å². The Morgan fingerprint density at radius 3 is 2.31 bits per heavy atom. The molecule has 0 radical (unpaired) electrons. The van der Waals surface area contributed by atoms with E-state index in [1.807, 2.05) is 13.8 Å². The number of nitrogens with one attached hydrogen (secondary N) is 2. The summed E-state index contributed by atoms with van der Waals surface area (Å²) in [6.07, 6.45) is 0. The second-order valence-electron chi connectivity index (χ2n) is 6.59. The topological polar surface area (TPSA) is 118 Å². The zero-order valence-corrected chi connectivity index (χ0v) is 17.1. The van der Waals surface area contributed by atoms with E-state index >= 15 is 0 Å². The van der Waals surface area contributed by atoms with Crippen molar-refractivity contribution in [1.29, 1.82) is 0 Å². The van der Waals surface area contributed by atoms with Crippen LogP contribution in [0.15, 0.2) is 24.3 Å². The van der Waals surface area contributed by atoms with E-state index in [0.29, 0.717) is 11.3 Å². The van der Waals surface area contributed by atoms with Crippen LogP contribution in [-0.2, 0) is 25.2 Å². The highest BCUT2D eigenvalue weighted by atomic mass is 35.5. The van der Waals surface area contributed by atoms with Crippen LogP contribution in [-0.4, -0.2) is 38.1 Å². The maximum atomic E-state index is 12.0. The predicted octanol–water partition coefficient (Wildman–Crippen LogP) is 1.47. The third-order valence-corrected chi connectivity index (χ3v) is 5.91. The van der Waals surface area contributed by atoms with Gasteiger partial charge in [0.2, 0.25) is 11.8 Å². The molecule has 4 N–H and O–H groups in total. The Labute approximate surface area is 161 Å². The Morgan fingerprint density at radius 1 is 1.15 bits per heavy atom. The minimum atomic E-state index is -3.22. The van der Waals surface area contributed by atoms with Crippen molar-refractivity contribution in [3.8, 4) is 0 Å². The number of rotatable bonds is 8. The molecule has 1 aromatic carbocycles. The monoisotopic (exact) mass is 405 g/mol. The first-order valence-corrected chi connectivity index (χ1v) is 9.88. The molecule has 0 saturated carbocycles. The van der Waals surface area contributed by atoms with Gasteiger partial charge in [-0.15, -0.1) is 12.4 Å². The fourth-order valence-electron chi connectivity index (χ4n) is 1.93. The zero-order chi connectivity index (χ0) is 19.2. The fraction of sp³-hybridized carbons (Fsp3) is 0.529. The predicted molar refractivity (Wildman–Crippen MR) is 106 cm³/mol. The van der Waals surface area contributed by atoms with Gasteiger partial charge in [-0.1, -0.05) is 26.0 Å². The van der Waals surface area contributed by atoms with E-state index in [1.165, 1.54) is 0 Å². The lowest BCUT2D eigenvalue weighted by Crippen LogP contribution is -2.46. The highest BCUT2D eigenvalue weighted by Crippen LogP contribution is 2.15. The molecule has 0 aliphatic rings. The molecule has 0 spiro atoms. The number of amides is 2. The Bertz CT molecular complexity index is 720. The van der Waals surface area contributed by atoms with Gasteiger partial charge in [0.25, 0.3) is 0 Å². The molecule has 0 aliphatic heterocycles. The van der Waals surface area contributed by atoms with E-state index in [0.717, 1.165) is 0 Å². The minimum Gasteiger partial charge on any atom is -0.346 e. The van der Waals surface area contributed by atoms with Crippen LogP contribution < -0.4 is 16.4 Å². The summed E-state index contributed by atoms with van der Waals surface area (Å²) in [6.45, 7) is 6.70. The van der Waals surface area contributed by atoms with Gasteiger partial charge < -0.3 is 16.4 Å². The molecule has 7 nitrogen and oxygen atoms in total. The summed E-state index contributed by atoms with van der Waals surface area (Å²) in [6, 6.07) is 5.97. The first-order chi connectivity index (χ1) is 11.5. The van der Waals surface area contributed by atoms with Crippen molar-refractivity contribution in [2.24, 2.45) is 11.7 Å². The van der Waals surface area contributed by atoms with E-state index < -0.39 is 27.0 Å². The van der Waals surface area contributed by atoms with Crippen LogP contribution in [0, 0.1) is 5.92 Å². The maximum Gasteiger partial charge on any atom is 0.243 e. The van der Waals surface area contributed by atoms with E-state index in [-0.39, 0.29) is 36.5 Å². The normalized spacial score (nSPS) is 12.4. The number of carbonyl (C=O) groups excluding carboxylic acids is 2. The van der Waals surface area contributed by atoms with Gasteiger partial charge in [0, 0.05) is 5.69 Å². The number of nitrogens with two attached hydrogens (primary N) is 1. The van der Waals surface area contributed by atoms with Gasteiger partial charge in [-0.25, -0.2) is 8.42 Å². The lowest BCUT2D eigenvalue weighted by atomic mass is 10.1. The molecule has 0 aromatic heterocycles. The van der Waals surface area contributed by atoms with Gasteiger partial charge in [-0.2, -0.15) is 0 Å². The Hall–Kier alpha value is -1.64. The molecule has 0 fully saturated rings. The summed E-state index contributed by atoms with van der Waals surface area (Å²) in [4.78, 5) is 23.7. The second kappa shape index (κ2) is 10.5. The number of hydrogen-bond acceptors (Lipinski definition) is 5. The van der Waals surface area contributed by atoms with Crippen LogP contribution >= 0.6 is 12.4 Å². The summed E-state index contributed by atoms with van der Waals surface area (Å²) < 4.78 is 24.0. The Morgan fingerprint density at radius 2 is 1.77 bits per heavy atom. The molecule has 148 valence electrons. The molecule has 0 heterocycles. The SMILES string of the molecule is CC(C)[C@H](N)C(=O)NCC(=O)Nc1cccc(CS(=O)(=O)C(C)C)c1.Cl. The molecule has 0 aliphatic carbocycles. The standard InChI is InChI=1S/C17H27N3O4S.ClH/c1-11(2)16(18)17(22)19-9-15(21)20-14-7-5-6-13(8-14)10-25(23,24)12(3)4;/h5-8,11-12,16H,9-10,18H2,1-4H3,(H,19,22)(H,20,21);1H/t16-;/m0./s1. The first-order valence-electron chi connectivity index (χ1n) is 8.16. The second-order valence-corrected chi connectivity index (χ2v) is 9.15. The Kier molecular flexibility index (Phi) is 9.83. The molecule has 1 aromatic rings. The van der Waals surface area contributed by atoms with Crippen molar-refractivity contribution < 1.29 is 18.0 Å². The molecular formula is C17H28ClN3O4S. The Balaban J connectivity index is 0.00000625. The third-order valence-electron chi connectivity index (χ3n) is 3.74.